The van der Waals surface area contributed by atoms with Gasteiger partial charge in [-0.15, -0.1) is 6.58 Å². The molecular formula is C13H8ClN2O4S2-. The molecule has 1 aromatic rings. The average molecular weight is 356 g/mol. The Balaban J connectivity index is 2.46. The lowest BCUT2D eigenvalue weighted by molar-refractivity contribution is -0.398. The van der Waals surface area contributed by atoms with Crippen LogP contribution in [-0.2, 0) is 4.79 Å². The van der Waals surface area contributed by atoms with Gasteiger partial charge in [-0.2, -0.15) is 0 Å². The van der Waals surface area contributed by atoms with E-state index in [-0.39, 0.29) is 27.9 Å². The number of carbonyl (C=O) groups is 1. The van der Waals surface area contributed by atoms with E-state index in [9.17, 15) is 20.0 Å². The second-order valence-corrected chi connectivity index (χ2v) is 6.29. The van der Waals surface area contributed by atoms with Gasteiger partial charge in [0, 0.05) is 17.6 Å². The van der Waals surface area contributed by atoms with E-state index < -0.39 is 16.4 Å². The molecule has 0 unspecified atom stereocenters. The van der Waals surface area contributed by atoms with Gasteiger partial charge in [0.2, 0.25) is 0 Å². The van der Waals surface area contributed by atoms with Gasteiger partial charge < -0.3 is 5.11 Å². The third-order valence-electron chi connectivity index (χ3n) is 2.73. The van der Waals surface area contributed by atoms with Gasteiger partial charge >= 0.3 is 0 Å². The Morgan fingerprint density at radius 1 is 1.50 bits per heavy atom. The second-order valence-electron chi connectivity index (χ2n) is 4.18. The predicted octanol–water partition coefficient (Wildman–Crippen LogP) is 2.71. The molecule has 2 rings (SSSR count). The summed E-state index contributed by atoms with van der Waals surface area (Å²) in [5.74, 6) is -1.18. The minimum Gasteiger partial charge on any atom is -0.867 e. The van der Waals surface area contributed by atoms with Gasteiger partial charge in [-0.1, -0.05) is 41.7 Å². The summed E-state index contributed by atoms with van der Waals surface area (Å²) in [6, 6.07) is 2.25. The standard InChI is InChI=1S/C13H9ClN2O4S2/c1-2-3-15-12(18)10(22-13(15)21)5-7-4-8(14)6-9(11(7)17)16(19)20/h2,4-6,17H,1,3H2/p-1. The van der Waals surface area contributed by atoms with Crippen LogP contribution in [0, 0.1) is 10.1 Å². The zero-order chi connectivity index (χ0) is 16.4. The summed E-state index contributed by atoms with van der Waals surface area (Å²) in [7, 11) is 0. The van der Waals surface area contributed by atoms with E-state index >= 15 is 0 Å². The molecule has 1 aromatic carbocycles. The first-order valence-corrected chi connectivity index (χ1v) is 7.46. The topological polar surface area (TPSA) is 86.5 Å². The van der Waals surface area contributed by atoms with Crippen molar-refractivity contribution in [3.63, 3.8) is 0 Å². The Morgan fingerprint density at radius 2 is 2.18 bits per heavy atom. The molecular weight excluding hydrogens is 348 g/mol. The number of rotatable bonds is 4. The zero-order valence-electron chi connectivity index (χ0n) is 10.9. The highest BCUT2D eigenvalue weighted by atomic mass is 35.5. The summed E-state index contributed by atoms with van der Waals surface area (Å²) < 4.78 is 0.333. The summed E-state index contributed by atoms with van der Waals surface area (Å²) in [4.78, 5) is 23.7. The van der Waals surface area contributed by atoms with Crippen molar-refractivity contribution >= 4 is 57.6 Å². The first-order valence-electron chi connectivity index (χ1n) is 5.86. The van der Waals surface area contributed by atoms with Crippen LogP contribution in [-0.4, -0.2) is 26.6 Å². The highest BCUT2D eigenvalue weighted by molar-refractivity contribution is 8.26. The molecule has 1 saturated heterocycles. The van der Waals surface area contributed by atoms with Crippen molar-refractivity contribution in [1.29, 1.82) is 0 Å². The van der Waals surface area contributed by atoms with Crippen LogP contribution in [0.15, 0.2) is 29.7 Å². The van der Waals surface area contributed by atoms with Crippen molar-refractivity contribution in [3.05, 3.63) is 50.4 Å². The fourth-order valence-corrected chi connectivity index (χ4v) is 3.26. The Morgan fingerprint density at radius 3 is 2.77 bits per heavy atom. The number of thiocarbonyl (C=S) groups is 1. The van der Waals surface area contributed by atoms with Gasteiger partial charge in [0.25, 0.3) is 11.6 Å². The first kappa shape index (κ1) is 16.5. The van der Waals surface area contributed by atoms with Crippen LogP contribution >= 0.6 is 35.6 Å². The molecule has 9 heteroatoms. The molecule has 0 bridgehead atoms. The van der Waals surface area contributed by atoms with E-state index in [0.717, 1.165) is 17.8 Å². The number of benzene rings is 1. The maximum Gasteiger partial charge on any atom is 0.266 e. The first-order chi connectivity index (χ1) is 10.3. The van der Waals surface area contributed by atoms with Crippen molar-refractivity contribution in [2.45, 2.75) is 0 Å². The molecule has 1 fully saturated rings. The third kappa shape index (κ3) is 3.13. The van der Waals surface area contributed by atoms with Crippen molar-refractivity contribution in [1.82, 2.24) is 4.90 Å². The molecule has 1 amide bonds. The Bertz CT molecular complexity index is 733. The molecule has 0 aliphatic carbocycles. The van der Waals surface area contributed by atoms with Crippen molar-refractivity contribution in [3.8, 4) is 5.75 Å². The minimum atomic E-state index is -0.811. The lowest BCUT2D eigenvalue weighted by Crippen LogP contribution is -2.27. The molecule has 1 heterocycles. The number of nitrogens with zero attached hydrogens (tertiary/aromatic N) is 2. The quantitative estimate of drug-likeness (QED) is 0.271. The van der Waals surface area contributed by atoms with Gasteiger partial charge in [0.05, 0.1) is 9.83 Å². The van der Waals surface area contributed by atoms with Crippen LogP contribution in [0.1, 0.15) is 5.56 Å². The van der Waals surface area contributed by atoms with Gasteiger partial charge in [-0.05, 0) is 23.5 Å². The molecule has 114 valence electrons. The Labute approximate surface area is 140 Å². The molecule has 22 heavy (non-hydrogen) atoms. The Hall–Kier alpha value is -1.90. The monoisotopic (exact) mass is 355 g/mol. The summed E-state index contributed by atoms with van der Waals surface area (Å²) >= 11 is 11.9. The smallest absolute Gasteiger partial charge is 0.266 e. The van der Waals surface area contributed by atoms with Crippen LogP contribution in [0.25, 0.3) is 6.08 Å². The normalized spacial score (nSPS) is 16.4. The largest absolute Gasteiger partial charge is 0.867 e. The number of hydrogen-bond acceptors (Lipinski definition) is 6. The number of amides is 1. The third-order valence-corrected chi connectivity index (χ3v) is 4.33. The number of halogens is 1. The summed E-state index contributed by atoms with van der Waals surface area (Å²) in [6.07, 6.45) is 2.79. The number of nitro benzene ring substituents is 1. The molecule has 0 radical (unpaired) electrons. The molecule has 0 N–H and O–H groups in total. The highest BCUT2D eigenvalue weighted by Crippen LogP contribution is 2.37. The van der Waals surface area contributed by atoms with Crippen molar-refractivity contribution < 1.29 is 14.8 Å². The summed E-state index contributed by atoms with van der Waals surface area (Å²) in [5, 5.41) is 22.9. The lowest BCUT2D eigenvalue weighted by Gasteiger charge is -2.12. The molecule has 0 aromatic heterocycles. The molecule has 1 aliphatic rings. The van der Waals surface area contributed by atoms with Crippen LogP contribution < -0.4 is 5.11 Å². The van der Waals surface area contributed by atoms with Gasteiger partial charge in [0.1, 0.15) is 4.32 Å². The van der Waals surface area contributed by atoms with Gasteiger partial charge in [0.15, 0.2) is 0 Å². The SMILES string of the molecule is C=CCN1C(=O)C(=Cc2cc(Cl)cc([N+](=O)[O-])c2[O-])SC1=S. The van der Waals surface area contributed by atoms with Gasteiger partial charge in [-0.25, -0.2) is 0 Å². The number of hydrogen-bond donors (Lipinski definition) is 0. The fourth-order valence-electron chi connectivity index (χ4n) is 1.77. The number of carbonyl (C=O) groups excluding carboxylic acids is 1. The molecule has 0 spiro atoms. The van der Waals surface area contributed by atoms with E-state index in [0.29, 0.717) is 4.32 Å². The van der Waals surface area contributed by atoms with Crippen LogP contribution in [0.4, 0.5) is 5.69 Å². The van der Waals surface area contributed by atoms with Crippen molar-refractivity contribution in [2.24, 2.45) is 0 Å². The molecule has 0 saturated carbocycles. The zero-order valence-corrected chi connectivity index (χ0v) is 13.3. The predicted molar refractivity (Wildman–Crippen MR) is 87.6 cm³/mol. The highest BCUT2D eigenvalue weighted by Gasteiger charge is 2.31. The van der Waals surface area contributed by atoms with E-state index in [2.05, 4.69) is 6.58 Å². The molecule has 0 atom stereocenters. The lowest BCUT2D eigenvalue weighted by atomic mass is 10.1. The maximum atomic E-state index is 12.2. The van der Waals surface area contributed by atoms with Gasteiger partial charge in [-0.3, -0.25) is 19.8 Å². The summed E-state index contributed by atoms with van der Waals surface area (Å²) in [6.45, 7) is 3.79. The van der Waals surface area contributed by atoms with E-state index in [1.807, 2.05) is 0 Å². The van der Waals surface area contributed by atoms with Crippen LogP contribution in [0.3, 0.4) is 0 Å². The van der Waals surface area contributed by atoms with Crippen molar-refractivity contribution in [2.75, 3.05) is 6.54 Å². The minimum absolute atomic E-state index is 0.0293. The van der Waals surface area contributed by atoms with Crippen LogP contribution in [0.2, 0.25) is 5.02 Å². The number of nitro groups is 1. The van der Waals surface area contributed by atoms with E-state index in [1.54, 1.807) is 0 Å². The average Bonchev–Trinajstić information content (AvgIpc) is 2.70. The van der Waals surface area contributed by atoms with Crippen LogP contribution in [0.5, 0.6) is 5.75 Å². The fraction of sp³-hybridized carbons (Fsp3) is 0.0769. The summed E-state index contributed by atoms with van der Waals surface area (Å²) in [5.41, 5.74) is -0.668. The maximum absolute atomic E-state index is 12.2. The molecule has 1 aliphatic heterocycles. The Kier molecular flexibility index (Phi) is 4.84. The number of thioether (sulfide) groups is 1. The second kappa shape index (κ2) is 6.47. The van der Waals surface area contributed by atoms with E-state index in [1.165, 1.54) is 23.1 Å². The molecule has 6 nitrogen and oxygen atoms in total. The van der Waals surface area contributed by atoms with E-state index in [4.69, 9.17) is 23.8 Å².